The van der Waals surface area contributed by atoms with Crippen molar-refractivity contribution in [3.8, 4) is 11.5 Å². The molecule has 2 rings (SSSR count). The lowest BCUT2D eigenvalue weighted by atomic mass is 10.3. The van der Waals surface area contributed by atoms with E-state index in [1.165, 1.54) is 10.6 Å². The Morgan fingerprint density at radius 1 is 0.684 bits per heavy atom. The highest BCUT2D eigenvalue weighted by Crippen LogP contribution is 2.44. The summed E-state index contributed by atoms with van der Waals surface area (Å²) in [7, 11) is 4.92. The Morgan fingerprint density at radius 2 is 1.05 bits per heavy atom. The summed E-state index contributed by atoms with van der Waals surface area (Å²) in [5.74, 6) is 1.83. The van der Waals surface area contributed by atoms with Crippen LogP contribution in [-0.4, -0.2) is 14.2 Å². The molecule has 0 aliphatic rings. The molecule has 0 bridgehead atoms. The van der Waals surface area contributed by atoms with Crippen molar-refractivity contribution in [2.45, 2.75) is 0 Å². The van der Waals surface area contributed by atoms with Crippen LogP contribution in [0.3, 0.4) is 0 Å². The first-order chi connectivity index (χ1) is 9.31. The van der Waals surface area contributed by atoms with Gasteiger partial charge in [0, 0.05) is 0 Å². The average Bonchev–Trinajstić information content (AvgIpc) is 2.49. The normalized spacial score (nSPS) is 11.5. The molecule has 0 N–H and O–H groups in total. The SMILES string of the molecule is COc1ccc(PSPc2ccc(OC)cc2)cc1. The molecule has 0 aliphatic carbocycles. The van der Waals surface area contributed by atoms with E-state index in [1.807, 2.05) is 35.3 Å². The zero-order valence-corrected chi connectivity index (χ0v) is 13.7. The van der Waals surface area contributed by atoms with Crippen LogP contribution in [0.1, 0.15) is 0 Å². The molecule has 0 aliphatic heterocycles. The first-order valence-corrected chi connectivity index (χ1v) is 10.0. The van der Waals surface area contributed by atoms with Gasteiger partial charge in [-0.2, -0.15) is 0 Å². The third-order valence-electron chi connectivity index (χ3n) is 2.52. The van der Waals surface area contributed by atoms with Crippen molar-refractivity contribution in [1.29, 1.82) is 0 Å². The predicted molar refractivity (Wildman–Crippen MR) is 89.5 cm³/mol. The molecule has 0 amide bonds. The maximum absolute atomic E-state index is 5.15. The van der Waals surface area contributed by atoms with Gasteiger partial charge in [0.2, 0.25) is 0 Å². The zero-order chi connectivity index (χ0) is 13.5. The summed E-state index contributed by atoms with van der Waals surface area (Å²) in [6.45, 7) is 0. The second-order valence-electron chi connectivity index (χ2n) is 3.76. The summed E-state index contributed by atoms with van der Waals surface area (Å²) in [5, 5.41) is 2.71. The van der Waals surface area contributed by atoms with Crippen LogP contribution in [0.5, 0.6) is 11.5 Å². The van der Waals surface area contributed by atoms with E-state index in [9.17, 15) is 0 Å². The summed E-state index contributed by atoms with van der Waals surface area (Å²) >= 11 is 1.96. The molecular weight excluding hydrogens is 294 g/mol. The Kier molecular flexibility index (Phi) is 5.97. The Labute approximate surface area is 121 Å². The second-order valence-corrected chi connectivity index (χ2v) is 9.20. The highest BCUT2D eigenvalue weighted by molar-refractivity contribution is 8.80. The largest absolute Gasteiger partial charge is 0.497 e. The lowest BCUT2D eigenvalue weighted by Gasteiger charge is -2.05. The van der Waals surface area contributed by atoms with Gasteiger partial charge in [-0.3, -0.25) is 0 Å². The van der Waals surface area contributed by atoms with Crippen LogP contribution >= 0.6 is 26.6 Å². The number of rotatable bonds is 6. The highest BCUT2D eigenvalue weighted by atomic mass is 33.1. The van der Waals surface area contributed by atoms with Gasteiger partial charge in [-0.25, -0.2) is 0 Å². The van der Waals surface area contributed by atoms with Crippen LogP contribution in [0.15, 0.2) is 48.5 Å². The van der Waals surface area contributed by atoms with E-state index in [-0.39, 0.29) is 0 Å². The average molecular weight is 310 g/mol. The zero-order valence-electron chi connectivity index (χ0n) is 10.8. The number of hydrogen-bond acceptors (Lipinski definition) is 3. The number of ether oxygens (including phenoxy) is 2. The summed E-state index contributed by atoms with van der Waals surface area (Å²) in [6.07, 6.45) is 0. The van der Waals surface area contributed by atoms with Gasteiger partial charge in [0.1, 0.15) is 11.5 Å². The number of hydrogen-bond donors (Lipinski definition) is 0. The first-order valence-electron chi connectivity index (χ1n) is 5.78. The lowest BCUT2D eigenvalue weighted by molar-refractivity contribution is 0.415. The molecule has 0 heterocycles. The van der Waals surface area contributed by atoms with Crippen LogP contribution in [0.25, 0.3) is 0 Å². The van der Waals surface area contributed by atoms with Gasteiger partial charge < -0.3 is 9.47 Å². The van der Waals surface area contributed by atoms with Gasteiger partial charge in [0.05, 0.1) is 14.2 Å². The van der Waals surface area contributed by atoms with Gasteiger partial charge in [0.15, 0.2) is 0 Å². The third kappa shape index (κ3) is 4.69. The van der Waals surface area contributed by atoms with Crippen LogP contribution in [0.4, 0.5) is 0 Å². The molecule has 0 fully saturated rings. The first kappa shape index (κ1) is 14.7. The molecule has 5 heteroatoms. The van der Waals surface area contributed by atoms with E-state index in [2.05, 4.69) is 24.3 Å². The van der Waals surface area contributed by atoms with Crippen LogP contribution in [0.2, 0.25) is 0 Å². The van der Waals surface area contributed by atoms with Crippen molar-refractivity contribution >= 4 is 37.2 Å². The van der Waals surface area contributed by atoms with Crippen molar-refractivity contribution in [2.24, 2.45) is 0 Å². The Morgan fingerprint density at radius 3 is 1.37 bits per heavy atom. The van der Waals surface area contributed by atoms with Crippen molar-refractivity contribution in [2.75, 3.05) is 14.2 Å². The number of benzene rings is 2. The van der Waals surface area contributed by atoms with Crippen molar-refractivity contribution in [3.63, 3.8) is 0 Å². The summed E-state index contributed by atoms with van der Waals surface area (Å²) in [4.78, 5) is 0. The smallest absolute Gasteiger partial charge is 0.118 e. The minimum Gasteiger partial charge on any atom is -0.497 e. The van der Waals surface area contributed by atoms with Crippen LogP contribution < -0.4 is 20.1 Å². The lowest BCUT2D eigenvalue weighted by Crippen LogP contribution is -1.93. The van der Waals surface area contributed by atoms with E-state index < -0.39 is 0 Å². The third-order valence-corrected chi connectivity index (χ3v) is 7.72. The molecule has 2 unspecified atom stereocenters. The Bertz CT molecular complexity index is 452. The number of methoxy groups -OCH3 is 2. The van der Waals surface area contributed by atoms with Gasteiger partial charge in [-0.15, -0.1) is 11.0 Å². The van der Waals surface area contributed by atoms with Crippen LogP contribution in [0, 0.1) is 0 Å². The van der Waals surface area contributed by atoms with Gasteiger partial charge in [0.25, 0.3) is 0 Å². The van der Waals surface area contributed by atoms with Crippen molar-refractivity contribution in [3.05, 3.63) is 48.5 Å². The van der Waals surface area contributed by atoms with Crippen molar-refractivity contribution < 1.29 is 9.47 Å². The van der Waals surface area contributed by atoms with Crippen LogP contribution in [-0.2, 0) is 0 Å². The fourth-order valence-corrected chi connectivity index (χ4v) is 6.61. The fourth-order valence-electron chi connectivity index (χ4n) is 1.46. The molecule has 0 aromatic heterocycles. The fraction of sp³-hybridized carbons (Fsp3) is 0.143. The topological polar surface area (TPSA) is 18.5 Å². The van der Waals surface area contributed by atoms with Gasteiger partial charge >= 0.3 is 0 Å². The second kappa shape index (κ2) is 7.75. The Balaban J connectivity index is 1.81. The maximum atomic E-state index is 5.15. The minimum absolute atomic E-state index is 0.768. The molecular formula is C14H16O2P2S. The minimum atomic E-state index is 0.768. The standard InChI is InChI=1S/C14H16O2P2S/c1-15-11-3-7-13(8-4-11)17-19-18-14-9-5-12(16-2)6-10-14/h3-10,17-18H,1-2H3. The molecule has 19 heavy (non-hydrogen) atoms. The predicted octanol–water partition coefficient (Wildman–Crippen LogP) is 3.57. The molecule has 2 nitrogen and oxygen atoms in total. The van der Waals surface area contributed by atoms with E-state index in [0.29, 0.717) is 0 Å². The van der Waals surface area contributed by atoms with E-state index >= 15 is 0 Å². The van der Waals surface area contributed by atoms with Crippen molar-refractivity contribution in [1.82, 2.24) is 0 Å². The monoisotopic (exact) mass is 310 g/mol. The molecule has 0 saturated heterocycles. The molecule has 100 valence electrons. The summed E-state index contributed by atoms with van der Waals surface area (Å²) in [6, 6.07) is 16.6. The quantitative estimate of drug-likeness (QED) is 0.760. The van der Waals surface area contributed by atoms with Gasteiger partial charge in [-0.05, 0) is 50.4 Å². The molecule has 0 saturated carbocycles. The maximum Gasteiger partial charge on any atom is 0.118 e. The highest BCUT2D eigenvalue weighted by Gasteiger charge is 1.98. The van der Waals surface area contributed by atoms with E-state index in [1.54, 1.807) is 14.2 Å². The van der Waals surface area contributed by atoms with E-state index in [0.717, 1.165) is 27.1 Å². The molecule has 2 aromatic carbocycles. The van der Waals surface area contributed by atoms with Gasteiger partial charge in [-0.1, -0.05) is 24.3 Å². The summed E-state index contributed by atoms with van der Waals surface area (Å²) in [5.41, 5.74) is 0. The molecule has 0 radical (unpaired) electrons. The van der Waals surface area contributed by atoms with E-state index in [4.69, 9.17) is 9.47 Å². The molecule has 0 spiro atoms. The summed E-state index contributed by atoms with van der Waals surface area (Å²) < 4.78 is 10.3. The molecule has 2 aromatic rings. The molecule has 2 atom stereocenters. The Hall–Kier alpha value is -0.750.